The molecule has 2 aromatic carbocycles. The number of phenols is 4. The quantitative estimate of drug-likeness (QED) is 0.309. The third-order valence-electron chi connectivity index (χ3n) is 8.67. The normalized spacial score (nSPS) is 20.5. The van der Waals surface area contributed by atoms with Gasteiger partial charge in [0.15, 0.2) is 23.0 Å². The Hall–Kier alpha value is -2.44. The maximum Gasteiger partial charge on any atom is 0.162 e. The zero-order valence-electron chi connectivity index (χ0n) is 25.3. The van der Waals surface area contributed by atoms with Crippen molar-refractivity contribution < 1.29 is 20.4 Å². The average Bonchev–Trinajstić information content (AvgIpc) is 3.19. The standard InChI is InChI=1S/C30H44N2O4.C2H6/c1-9-11-32(8)15-19-25-21(13-23(34)27(19)36)29(5,6)17-30(25)16-28(3,4)20-12-22(33)26(35)18(24(20)30)14-31(7)10-2;1-2/h12-13,33-36H,9-11,14-17H2,1-8H3;1-2H3. The Kier molecular flexibility index (Phi) is 8.41. The van der Waals surface area contributed by atoms with Crippen molar-refractivity contribution in [1.82, 2.24) is 9.80 Å². The molecule has 1 atom stereocenters. The number of benzene rings is 2. The first kappa shape index (κ1) is 30.1. The van der Waals surface area contributed by atoms with Crippen molar-refractivity contribution in [3.63, 3.8) is 0 Å². The molecule has 6 nitrogen and oxygen atoms in total. The van der Waals surface area contributed by atoms with Gasteiger partial charge < -0.3 is 30.2 Å². The number of hydrogen-bond donors (Lipinski definition) is 4. The molecule has 0 heterocycles. The minimum Gasteiger partial charge on any atom is -0.504 e. The first-order valence-corrected chi connectivity index (χ1v) is 14.2. The van der Waals surface area contributed by atoms with E-state index in [-0.39, 0.29) is 33.8 Å². The van der Waals surface area contributed by atoms with Crippen molar-refractivity contribution >= 4 is 0 Å². The SMILES string of the molecule is CC.CCCN(C)Cc1c(O)c(O)cc2c1C1(CC(C)(C)c3cc(O)c(O)c(CN(C)CC)c31)CC2(C)C. The van der Waals surface area contributed by atoms with Crippen LogP contribution in [-0.4, -0.2) is 57.4 Å². The van der Waals surface area contributed by atoms with Gasteiger partial charge in [0.05, 0.1) is 0 Å². The molecule has 2 aromatic rings. The van der Waals surface area contributed by atoms with Gasteiger partial charge in [0.25, 0.3) is 0 Å². The second kappa shape index (κ2) is 10.6. The Labute approximate surface area is 229 Å². The van der Waals surface area contributed by atoms with Crippen LogP contribution in [0.2, 0.25) is 0 Å². The number of fused-ring (bicyclic) bond motifs is 4. The molecule has 0 aromatic heterocycles. The summed E-state index contributed by atoms with van der Waals surface area (Å²) in [5.41, 5.74) is 4.87. The second-order valence-electron chi connectivity index (χ2n) is 12.6. The molecule has 38 heavy (non-hydrogen) atoms. The number of aromatic hydroxyl groups is 4. The second-order valence-corrected chi connectivity index (χ2v) is 12.6. The fraction of sp³-hybridized carbons (Fsp3) is 0.625. The fourth-order valence-corrected chi connectivity index (χ4v) is 7.25. The molecule has 2 aliphatic rings. The maximum atomic E-state index is 11.2. The first-order valence-electron chi connectivity index (χ1n) is 14.2. The van der Waals surface area contributed by atoms with Crippen molar-refractivity contribution in [3.05, 3.63) is 45.5 Å². The fourth-order valence-electron chi connectivity index (χ4n) is 7.25. The van der Waals surface area contributed by atoms with Gasteiger partial charge in [-0.25, -0.2) is 0 Å². The predicted octanol–water partition coefficient (Wildman–Crippen LogP) is 6.48. The highest BCUT2D eigenvalue weighted by Gasteiger charge is 2.59. The van der Waals surface area contributed by atoms with Crippen molar-refractivity contribution in [2.24, 2.45) is 0 Å². The van der Waals surface area contributed by atoms with Crippen LogP contribution < -0.4 is 0 Å². The Balaban J connectivity index is 0.00000195. The summed E-state index contributed by atoms with van der Waals surface area (Å²) in [6.45, 7) is 19.8. The van der Waals surface area contributed by atoms with E-state index in [0.717, 1.165) is 65.7 Å². The van der Waals surface area contributed by atoms with Gasteiger partial charge in [0.2, 0.25) is 0 Å². The lowest BCUT2D eigenvalue weighted by molar-refractivity contribution is 0.306. The van der Waals surface area contributed by atoms with Gasteiger partial charge in [0.1, 0.15) is 0 Å². The van der Waals surface area contributed by atoms with Crippen LogP contribution in [0.25, 0.3) is 0 Å². The largest absolute Gasteiger partial charge is 0.504 e. The van der Waals surface area contributed by atoms with Gasteiger partial charge in [0, 0.05) is 29.6 Å². The Morgan fingerprint density at radius 1 is 0.711 bits per heavy atom. The molecule has 0 aliphatic heterocycles. The van der Waals surface area contributed by atoms with Crippen LogP contribution in [0, 0.1) is 0 Å². The first-order chi connectivity index (χ1) is 17.7. The molecule has 4 N–H and O–H groups in total. The predicted molar refractivity (Wildman–Crippen MR) is 156 cm³/mol. The van der Waals surface area contributed by atoms with E-state index < -0.39 is 5.41 Å². The minimum atomic E-state index is -0.458. The number of phenolic OH excluding ortho intramolecular Hbond substituents is 4. The van der Waals surface area contributed by atoms with Crippen LogP contribution in [0.15, 0.2) is 12.1 Å². The number of hydrogen-bond acceptors (Lipinski definition) is 6. The van der Waals surface area contributed by atoms with Crippen LogP contribution in [0.5, 0.6) is 23.0 Å². The highest BCUT2D eigenvalue weighted by atomic mass is 16.3. The highest BCUT2D eigenvalue weighted by Crippen LogP contribution is 2.66. The molecule has 2 aliphatic carbocycles. The highest BCUT2D eigenvalue weighted by molar-refractivity contribution is 5.70. The molecule has 212 valence electrons. The summed E-state index contributed by atoms with van der Waals surface area (Å²) < 4.78 is 0. The summed E-state index contributed by atoms with van der Waals surface area (Å²) in [5, 5.41) is 44.0. The Bertz CT molecular complexity index is 1180. The average molecular weight is 527 g/mol. The molecule has 6 heteroatoms. The van der Waals surface area contributed by atoms with Crippen molar-refractivity contribution in [2.75, 3.05) is 27.2 Å². The lowest BCUT2D eigenvalue weighted by Crippen LogP contribution is -2.30. The van der Waals surface area contributed by atoms with Crippen LogP contribution >= 0.6 is 0 Å². The van der Waals surface area contributed by atoms with Gasteiger partial charge in [-0.05, 0) is 91.7 Å². The van der Waals surface area contributed by atoms with E-state index in [2.05, 4.69) is 51.3 Å². The van der Waals surface area contributed by atoms with E-state index in [9.17, 15) is 20.4 Å². The molecular formula is C32H50N2O4. The molecule has 0 saturated heterocycles. The van der Waals surface area contributed by atoms with Crippen LogP contribution in [0.1, 0.15) is 108 Å². The third-order valence-corrected chi connectivity index (χ3v) is 8.67. The molecule has 0 amide bonds. The van der Waals surface area contributed by atoms with Gasteiger partial charge >= 0.3 is 0 Å². The van der Waals surface area contributed by atoms with E-state index in [4.69, 9.17) is 0 Å². The summed E-state index contributed by atoms with van der Waals surface area (Å²) in [5.74, 6) is -0.247. The van der Waals surface area contributed by atoms with E-state index in [0.29, 0.717) is 13.1 Å². The van der Waals surface area contributed by atoms with Crippen LogP contribution in [-0.2, 0) is 29.3 Å². The van der Waals surface area contributed by atoms with Crippen molar-refractivity contribution in [2.45, 2.75) is 104 Å². The smallest absolute Gasteiger partial charge is 0.162 e. The summed E-state index contributed by atoms with van der Waals surface area (Å²) in [7, 11) is 4.06. The Morgan fingerprint density at radius 3 is 1.47 bits per heavy atom. The van der Waals surface area contributed by atoms with Gasteiger partial charge in [-0.1, -0.05) is 55.4 Å². The summed E-state index contributed by atoms with van der Waals surface area (Å²) in [4.78, 5) is 4.33. The summed E-state index contributed by atoms with van der Waals surface area (Å²) >= 11 is 0. The minimum absolute atomic E-state index is 0.0461. The lowest BCUT2D eigenvalue weighted by atomic mass is 9.70. The van der Waals surface area contributed by atoms with E-state index in [1.54, 1.807) is 12.1 Å². The number of nitrogens with zero attached hydrogens (tertiary/aromatic N) is 2. The molecule has 0 fully saturated rings. The van der Waals surface area contributed by atoms with Gasteiger partial charge in [-0.2, -0.15) is 0 Å². The van der Waals surface area contributed by atoms with E-state index in [1.807, 2.05) is 27.9 Å². The van der Waals surface area contributed by atoms with Crippen molar-refractivity contribution in [3.8, 4) is 23.0 Å². The molecule has 1 unspecified atom stereocenters. The zero-order valence-corrected chi connectivity index (χ0v) is 25.3. The lowest BCUT2D eigenvalue weighted by Gasteiger charge is -2.34. The third kappa shape index (κ3) is 4.75. The van der Waals surface area contributed by atoms with Crippen LogP contribution in [0.4, 0.5) is 0 Å². The molecule has 4 rings (SSSR count). The molecule has 1 spiro atoms. The van der Waals surface area contributed by atoms with Gasteiger partial charge in [-0.3, -0.25) is 0 Å². The van der Waals surface area contributed by atoms with Crippen LogP contribution in [0.3, 0.4) is 0 Å². The molecule has 0 bridgehead atoms. The summed E-state index contributed by atoms with van der Waals surface area (Å²) in [6, 6.07) is 3.51. The Morgan fingerprint density at radius 2 is 1.11 bits per heavy atom. The van der Waals surface area contributed by atoms with E-state index >= 15 is 0 Å². The van der Waals surface area contributed by atoms with Gasteiger partial charge in [-0.15, -0.1) is 0 Å². The van der Waals surface area contributed by atoms with E-state index in [1.165, 1.54) is 0 Å². The maximum absolute atomic E-state index is 11.2. The topological polar surface area (TPSA) is 87.4 Å². The van der Waals surface area contributed by atoms with Crippen molar-refractivity contribution in [1.29, 1.82) is 0 Å². The molecular weight excluding hydrogens is 476 g/mol. The summed E-state index contributed by atoms with van der Waals surface area (Å²) in [6.07, 6.45) is 2.59. The molecule has 0 radical (unpaired) electrons. The zero-order chi connectivity index (χ0) is 28.8. The monoisotopic (exact) mass is 526 g/mol. The number of rotatable bonds is 7. The molecule has 0 saturated carbocycles.